The molecule has 0 aromatic heterocycles. The summed E-state index contributed by atoms with van der Waals surface area (Å²) in [7, 11) is 0. The molecule has 3 nitrogen and oxygen atoms in total. The molecule has 94 valence electrons. The van der Waals surface area contributed by atoms with E-state index in [-0.39, 0.29) is 0 Å². The molecule has 3 heteroatoms. The fraction of sp³-hybridized carbons (Fsp3) is 0.571. The lowest BCUT2D eigenvalue weighted by atomic mass is 10.0. The highest BCUT2D eigenvalue weighted by atomic mass is 16.5. The lowest BCUT2D eigenvalue weighted by molar-refractivity contribution is 0.0187. The van der Waals surface area contributed by atoms with Gasteiger partial charge in [0, 0.05) is 19.1 Å². The van der Waals surface area contributed by atoms with Gasteiger partial charge in [0.05, 0.1) is 13.2 Å². The molecule has 0 unspecified atom stereocenters. The minimum absolute atomic E-state index is 0.343. The van der Waals surface area contributed by atoms with Gasteiger partial charge < -0.3 is 9.84 Å². The Morgan fingerprint density at radius 1 is 1.24 bits per heavy atom. The molecule has 1 N–H and O–H groups in total. The zero-order chi connectivity index (χ0) is 12.1. The van der Waals surface area contributed by atoms with Gasteiger partial charge in [0.2, 0.25) is 0 Å². The van der Waals surface area contributed by atoms with Crippen LogP contribution in [0.4, 0.5) is 0 Å². The lowest BCUT2D eigenvalue weighted by Crippen LogP contribution is -2.42. The number of rotatable bonds is 4. The average molecular weight is 235 g/mol. The third kappa shape index (κ3) is 3.72. The Hall–Kier alpha value is -1.06. The van der Waals surface area contributed by atoms with Crippen molar-refractivity contribution < 1.29 is 9.84 Å². The highest BCUT2D eigenvalue weighted by Gasteiger charge is 2.16. The fourth-order valence-corrected chi connectivity index (χ4v) is 2.24. The Morgan fingerprint density at radius 2 is 1.88 bits per heavy atom. The average Bonchev–Trinajstić information content (AvgIpc) is 2.39. The Labute approximate surface area is 103 Å². The normalized spacial score (nSPS) is 19.1. The topological polar surface area (TPSA) is 32.7 Å². The third-order valence-electron chi connectivity index (χ3n) is 3.46. The number of ether oxygens (including phenoxy) is 1. The number of nitrogens with zero attached hydrogens (tertiary/aromatic N) is 1. The van der Waals surface area contributed by atoms with Gasteiger partial charge in [-0.25, -0.2) is 0 Å². The highest BCUT2D eigenvalue weighted by Crippen LogP contribution is 2.14. The van der Waals surface area contributed by atoms with E-state index in [2.05, 4.69) is 11.8 Å². The summed E-state index contributed by atoms with van der Waals surface area (Å²) in [5.41, 5.74) is 1.29. The van der Waals surface area contributed by atoms with E-state index < -0.39 is 0 Å². The van der Waals surface area contributed by atoms with Crippen LogP contribution in [0.15, 0.2) is 24.3 Å². The highest BCUT2D eigenvalue weighted by molar-refractivity contribution is 5.25. The van der Waals surface area contributed by atoms with Crippen LogP contribution in [-0.2, 0) is 11.2 Å². The van der Waals surface area contributed by atoms with E-state index in [9.17, 15) is 5.11 Å². The van der Waals surface area contributed by atoms with Crippen LogP contribution in [0, 0.1) is 0 Å². The molecular weight excluding hydrogens is 214 g/mol. The Balaban J connectivity index is 1.78. The largest absolute Gasteiger partial charge is 0.508 e. The van der Waals surface area contributed by atoms with E-state index in [0.29, 0.717) is 11.8 Å². The first-order chi connectivity index (χ1) is 8.25. The molecule has 1 atom stereocenters. The van der Waals surface area contributed by atoms with Gasteiger partial charge in [-0.05, 0) is 37.5 Å². The van der Waals surface area contributed by atoms with Crippen LogP contribution in [0.5, 0.6) is 5.75 Å². The molecule has 0 radical (unpaired) electrons. The van der Waals surface area contributed by atoms with Crippen molar-refractivity contribution in [2.24, 2.45) is 0 Å². The quantitative estimate of drug-likeness (QED) is 0.867. The first-order valence-electron chi connectivity index (χ1n) is 6.35. The van der Waals surface area contributed by atoms with Gasteiger partial charge in [-0.3, -0.25) is 4.90 Å². The SMILES string of the molecule is C[C@H](CCc1ccc(O)cc1)N1CCOCC1. The van der Waals surface area contributed by atoms with Gasteiger partial charge >= 0.3 is 0 Å². The van der Waals surface area contributed by atoms with Crippen molar-refractivity contribution in [3.8, 4) is 5.75 Å². The number of aromatic hydroxyl groups is 1. The van der Waals surface area contributed by atoms with Gasteiger partial charge in [-0.1, -0.05) is 12.1 Å². The summed E-state index contributed by atoms with van der Waals surface area (Å²) in [5, 5.41) is 9.22. The van der Waals surface area contributed by atoms with Crippen LogP contribution < -0.4 is 0 Å². The molecule has 2 rings (SSSR count). The summed E-state index contributed by atoms with van der Waals surface area (Å²) in [6, 6.07) is 8.12. The second-order valence-electron chi connectivity index (χ2n) is 4.70. The molecule has 0 bridgehead atoms. The summed E-state index contributed by atoms with van der Waals surface area (Å²) < 4.78 is 5.36. The second kappa shape index (κ2) is 6.03. The number of morpholine rings is 1. The predicted molar refractivity (Wildman–Crippen MR) is 68.3 cm³/mol. The van der Waals surface area contributed by atoms with Gasteiger partial charge in [0.1, 0.15) is 5.75 Å². The van der Waals surface area contributed by atoms with Gasteiger partial charge in [-0.15, -0.1) is 0 Å². The maximum absolute atomic E-state index is 9.22. The maximum atomic E-state index is 9.22. The smallest absolute Gasteiger partial charge is 0.115 e. The fourth-order valence-electron chi connectivity index (χ4n) is 2.24. The zero-order valence-corrected chi connectivity index (χ0v) is 10.4. The Morgan fingerprint density at radius 3 is 2.53 bits per heavy atom. The van der Waals surface area contributed by atoms with Crippen molar-refractivity contribution in [1.82, 2.24) is 4.90 Å². The molecular formula is C14H21NO2. The summed E-state index contributed by atoms with van der Waals surface area (Å²) >= 11 is 0. The minimum Gasteiger partial charge on any atom is -0.508 e. The number of phenols is 1. The van der Waals surface area contributed by atoms with Crippen LogP contribution in [-0.4, -0.2) is 42.4 Å². The van der Waals surface area contributed by atoms with Crippen molar-refractivity contribution in [2.45, 2.75) is 25.8 Å². The molecule has 1 heterocycles. The van der Waals surface area contributed by atoms with Crippen molar-refractivity contribution >= 4 is 0 Å². The van der Waals surface area contributed by atoms with Crippen LogP contribution in [0.1, 0.15) is 18.9 Å². The molecule has 0 saturated carbocycles. The summed E-state index contributed by atoms with van der Waals surface area (Å²) in [4.78, 5) is 2.49. The summed E-state index contributed by atoms with van der Waals surface area (Å²) in [5.74, 6) is 0.343. The van der Waals surface area contributed by atoms with Gasteiger partial charge in [0.15, 0.2) is 0 Å². The zero-order valence-electron chi connectivity index (χ0n) is 10.4. The Kier molecular flexibility index (Phi) is 4.40. The van der Waals surface area contributed by atoms with E-state index in [4.69, 9.17) is 4.74 Å². The number of hydrogen-bond donors (Lipinski definition) is 1. The van der Waals surface area contributed by atoms with Crippen molar-refractivity contribution in [3.63, 3.8) is 0 Å². The monoisotopic (exact) mass is 235 g/mol. The molecule has 1 aromatic carbocycles. The number of phenolic OH excluding ortho intramolecular Hbond substituents is 1. The van der Waals surface area contributed by atoms with Crippen molar-refractivity contribution in [3.05, 3.63) is 29.8 Å². The molecule has 0 spiro atoms. The summed E-state index contributed by atoms with van der Waals surface area (Å²) in [6.45, 7) is 6.12. The molecule has 17 heavy (non-hydrogen) atoms. The second-order valence-corrected chi connectivity index (χ2v) is 4.70. The molecule has 1 fully saturated rings. The first kappa shape index (κ1) is 12.4. The van der Waals surface area contributed by atoms with Crippen LogP contribution >= 0.6 is 0 Å². The molecule has 1 aromatic rings. The van der Waals surface area contributed by atoms with E-state index in [0.717, 1.165) is 39.1 Å². The first-order valence-corrected chi connectivity index (χ1v) is 6.35. The molecule has 1 saturated heterocycles. The number of aryl methyl sites for hydroxylation is 1. The van der Waals surface area contributed by atoms with E-state index >= 15 is 0 Å². The number of hydrogen-bond acceptors (Lipinski definition) is 3. The molecule has 0 amide bonds. The third-order valence-corrected chi connectivity index (χ3v) is 3.46. The van der Waals surface area contributed by atoms with Crippen LogP contribution in [0.2, 0.25) is 0 Å². The standard InChI is InChI=1S/C14H21NO2/c1-12(15-8-10-17-11-9-15)2-3-13-4-6-14(16)7-5-13/h4-7,12,16H,2-3,8-11H2,1H3/t12-/m1/s1. The summed E-state index contributed by atoms with van der Waals surface area (Å²) in [6.07, 6.45) is 2.23. The number of benzene rings is 1. The lowest BCUT2D eigenvalue weighted by Gasteiger charge is -2.32. The maximum Gasteiger partial charge on any atom is 0.115 e. The van der Waals surface area contributed by atoms with Crippen molar-refractivity contribution in [2.75, 3.05) is 26.3 Å². The van der Waals surface area contributed by atoms with Crippen molar-refractivity contribution in [1.29, 1.82) is 0 Å². The van der Waals surface area contributed by atoms with Gasteiger partial charge in [-0.2, -0.15) is 0 Å². The van der Waals surface area contributed by atoms with E-state index in [1.54, 1.807) is 12.1 Å². The minimum atomic E-state index is 0.343. The predicted octanol–water partition coefficient (Wildman–Crippen LogP) is 2.05. The van der Waals surface area contributed by atoms with E-state index in [1.165, 1.54) is 5.56 Å². The van der Waals surface area contributed by atoms with Crippen LogP contribution in [0.25, 0.3) is 0 Å². The van der Waals surface area contributed by atoms with Gasteiger partial charge in [0.25, 0.3) is 0 Å². The van der Waals surface area contributed by atoms with Crippen LogP contribution in [0.3, 0.4) is 0 Å². The van der Waals surface area contributed by atoms with E-state index in [1.807, 2.05) is 12.1 Å². The molecule has 0 aliphatic carbocycles. The molecule has 1 aliphatic heterocycles. The molecule has 1 aliphatic rings. The Bertz CT molecular complexity index is 331.